The average molecular weight is 459 g/mol. The molecule has 1 aliphatic rings. The Morgan fingerprint density at radius 2 is 1.72 bits per heavy atom. The van der Waals surface area contributed by atoms with E-state index in [0.717, 1.165) is 4.90 Å². The number of Topliss-reactive ketones (excluding diaryl/α,β-unsaturated/α-hetero) is 1. The van der Waals surface area contributed by atoms with Crippen molar-refractivity contribution in [1.29, 1.82) is 0 Å². The lowest BCUT2D eigenvalue weighted by molar-refractivity contribution is -0.135. The van der Waals surface area contributed by atoms with Crippen molar-refractivity contribution in [2.45, 2.75) is 38.2 Å². The summed E-state index contributed by atoms with van der Waals surface area (Å²) in [6.45, 7) is 5.30. The zero-order valence-electron chi connectivity index (χ0n) is 18.3. The predicted molar refractivity (Wildman–Crippen MR) is 118 cm³/mol. The highest BCUT2D eigenvalue weighted by Crippen LogP contribution is 2.27. The summed E-state index contributed by atoms with van der Waals surface area (Å²) in [7, 11) is -3.76. The fourth-order valence-corrected chi connectivity index (χ4v) is 5.06. The molecule has 1 aliphatic heterocycles. The normalized spacial score (nSPS) is 16.5. The third-order valence-corrected chi connectivity index (χ3v) is 7.39. The van der Waals surface area contributed by atoms with Crippen LogP contribution in [0.5, 0.6) is 5.75 Å². The molecule has 9 heteroatoms. The highest BCUT2D eigenvalue weighted by atomic mass is 32.2. The van der Waals surface area contributed by atoms with Crippen LogP contribution in [0.3, 0.4) is 0 Å². The molecular formula is C23H26N2O6S. The van der Waals surface area contributed by atoms with Gasteiger partial charge in [0.25, 0.3) is 11.8 Å². The Kier molecular flexibility index (Phi) is 7.10. The highest BCUT2D eigenvalue weighted by Gasteiger charge is 2.36. The van der Waals surface area contributed by atoms with Gasteiger partial charge < -0.3 is 4.74 Å². The van der Waals surface area contributed by atoms with Gasteiger partial charge in [-0.2, -0.15) is 4.31 Å². The molecule has 2 aromatic rings. The van der Waals surface area contributed by atoms with Crippen LogP contribution in [0.1, 0.15) is 47.9 Å². The molecule has 2 amide bonds. The van der Waals surface area contributed by atoms with Crippen LogP contribution in [0, 0.1) is 0 Å². The van der Waals surface area contributed by atoms with Crippen LogP contribution in [0.4, 0.5) is 0 Å². The minimum Gasteiger partial charge on any atom is -0.480 e. The van der Waals surface area contributed by atoms with Crippen LogP contribution in [-0.4, -0.2) is 61.0 Å². The van der Waals surface area contributed by atoms with E-state index in [0.29, 0.717) is 25.3 Å². The zero-order valence-corrected chi connectivity index (χ0v) is 19.1. The molecule has 0 spiro atoms. The predicted octanol–water partition coefficient (Wildman–Crippen LogP) is 2.74. The topological polar surface area (TPSA) is 101 Å². The summed E-state index contributed by atoms with van der Waals surface area (Å²) in [6, 6.07) is 12.1. The standard InChI is InChI=1S/C23H26N2O6S/c1-4-20-23(28)25(22(27)18-12-7-8-13-21(18)31-20)15-19(26)16-10-9-11-17(14-16)32(29,30)24(5-2)6-3/h7-14,20H,4-6,15H2,1-3H3. The highest BCUT2D eigenvalue weighted by molar-refractivity contribution is 7.89. The SMILES string of the molecule is CCC1Oc2ccccc2C(=O)N(CC(=O)c2cccc(S(=O)(=O)N(CC)CC)c2)C1=O. The lowest BCUT2D eigenvalue weighted by Crippen LogP contribution is -2.45. The molecule has 2 aromatic carbocycles. The zero-order chi connectivity index (χ0) is 23.5. The van der Waals surface area contributed by atoms with Crippen LogP contribution in [0.15, 0.2) is 53.4 Å². The van der Waals surface area contributed by atoms with Crippen LogP contribution in [-0.2, 0) is 14.8 Å². The summed E-state index contributed by atoms with van der Waals surface area (Å²) in [4.78, 5) is 39.9. The first-order chi connectivity index (χ1) is 15.2. The molecule has 0 fully saturated rings. The van der Waals surface area contributed by atoms with Crippen molar-refractivity contribution in [2.75, 3.05) is 19.6 Å². The van der Waals surface area contributed by atoms with Crippen molar-refractivity contribution >= 4 is 27.6 Å². The van der Waals surface area contributed by atoms with Gasteiger partial charge in [-0.1, -0.05) is 45.0 Å². The number of imide groups is 1. The van der Waals surface area contributed by atoms with Crippen molar-refractivity contribution in [3.05, 3.63) is 59.7 Å². The summed E-state index contributed by atoms with van der Waals surface area (Å²) in [5.74, 6) is -1.48. The number of hydrogen-bond acceptors (Lipinski definition) is 6. The average Bonchev–Trinajstić information content (AvgIpc) is 2.90. The second-order valence-electron chi connectivity index (χ2n) is 7.28. The molecule has 0 aliphatic carbocycles. The molecule has 1 heterocycles. The summed E-state index contributed by atoms with van der Waals surface area (Å²) in [5, 5.41) is 0. The van der Waals surface area contributed by atoms with Gasteiger partial charge in [-0.05, 0) is 30.7 Å². The summed E-state index contributed by atoms with van der Waals surface area (Å²) in [5.41, 5.74) is 0.299. The van der Waals surface area contributed by atoms with Crippen molar-refractivity contribution in [3.63, 3.8) is 0 Å². The van der Waals surface area contributed by atoms with E-state index in [-0.39, 0.29) is 16.0 Å². The Labute approximate surface area is 187 Å². The van der Waals surface area contributed by atoms with E-state index >= 15 is 0 Å². The van der Waals surface area contributed by atoms with Gasteiger partial charge in [-0.15, -0.1) is 0 Å². The summed E-state index contributed by atoms with van der Waals surface area (Å²) < 4.78 is 32.6. The number of ether oxygens (including phenoxy) is 1. The maximum absolute atomic E-state index is 13.0. The third kappa shape index (κ3) is 4.44. The minimum atomic E-state index is -3.76. The van der Waals surface area contributed by atoms with Crippen LogP contribution >= 0.6 is 0 Å². The van der Waals surface area contributed by atoms with E-state index in [2.05, 4.69) is 0 Å². The van der Waals surface area contributed by atoms with Crippen molar-refractivity contribution in [3.8, 4) is 5.75 Å². The molecule has 8 nitrogen and oxygen atoms in total. The number of fused-ring (bicyclic) bond motifs is 1. The van der Waals surface area contributed by atoms with Gasteiger partial charge in [0.15, 0.2) is 11.9 Å². The number of carbonyl (C=O) groups is 3. The molecule has 0 bridgehead atoms. The van der Waals surface area contributed by atoms with Crippen LogP contribution < -0.4 is 4.74 Å². The van der Waals surface area contributed by atoms with E-state index < -0.39 is 40.3 Å². The molecule has 170 valence electrons. The van der Waals surface area contributed by atoms with E-state index in [1.54, 1.807) is 39.0 Å². The molecule has 1 unspecified atom stereocenters. The largest absolute Gasteiger partial charge is 0.480 e. The first kappa shape index (κ1) is 23.6. The Morgan fingerprint density at radius 1 is 1.03 bits per heavy atom. The molecule has 3 rings (SSSR count). The van der Waals surface area contributed by atoms with Gasteiger partial charge in [0.1, 0.15) is 5.75 Å². The number of hydrogen-bond donors (Lipinski definition) is 0. The second-order valence-corrected chi connectivity index (χ2v) is 9.22. The number of nitrogens with zero attached hydrogens (tertiary/aromatic N) is 2. The molecule has 0 aromatic heterocycles. The van der Waals surface area contributed by atoms with Gasteiger partial charge in [-0.25, -0.2) is 8.42 Å². The fraction of sp³-hybridized carbons (Fsp3) is 0.348. The molecular weight excluding hydrogens is 432 g/mol. The Bertz CT molecular complexity index is 1140. The second kappa shape index (κ2) is 9.62. The van der Waals surface area contributed by atoms with Crippen molar-refractivity contribution < 1.29 is 27.5 Å². The Hall–Kier alpha value is -3.04. The maximum Gasteiger partial charge on any atom is 0.270 e. The lowest BCUT2D eigenvalue weighted by atomic mass is 10.1. The third-order valence-electron chi connectivity index (χ3n) is 5.35. The Balaban J connectivity index is 1.93. The quantitative estimate of drug-likeness (QED) is 0.445. The number of sulfonamides is 1. The molecule has 0 saturated carbocycles. The monoisotopic (exact) mass is 458 g/mol. The van der Waals surface area contributed by atoms with Gasteiger partial charge in [0.05, 0.1) is 17.0 Å². The maximum atomic E-state index is 13.0. The Morgan fingerprint density at radius 3 is 2.38 bits per heavy atom. The van der Waals surface area contributed by atoms with Gasteiger partial charge >= 0.3 is 0 Å². The number of para-hydroxylation sites is 1. The van der Waals surface area contributed by atoms with Crippen LogP contribution in [0.2, 0.25) is 0 Å². The van der Waals surface area contributed by atoms with E-state index in [1.165, 1.54) is 34.6 Å². The minimum absolute atomic E-state index is 0.0133. The molecule has 0 N–H and O–H groups in total. The number of benzene rings is 2. The first-order valence-electron chi connectivity index (χ1n) is 10.5. The molecule has 1 atom stereocenters. The smallest absolute Gasteiger partial charge is 0.270 e. The summed E-state index contributed by atoms with van der Waals surface area (Å²) >= 11 is 0. The number of ketones is 1. The van der Waals surface area contributed by atoms with Crippen molar-refractivity contribution in [1.82, 2.24) is 9.21 Å². The lowest BCUT2D eigenvalue weighted by Gasteiger charge is -2.21. The molecule has 32 heavy (non-hydrogen) atoms. The van der Waals surface area contributed by atoms with Gasteiger partial charge in [0.2, 0.25) is 10.0 Å². The molecule has 0 saturated heterocycles. The number of carbonyl (C=O) groups excluding carboxylic acids is 3. The van der Waals surface area contributed by atoms with E-state index in [1.807, 2.05) is 0 Å². The van der Waals surface area contributed by atoms with Crippen LogP contribution in [0.25, 0.3) is 0 Å². The van der Waals surface area contributed by atoms with Gasteiger partial charge in [-0.3, -0.25) is 19.3 Å². The van der Waals surface area contributed by atoms with E-state index in [9.17, 15) is 22.8 Å². The van der Waals surface area contributed by atoms with Gasteiger partial charge in [0, 0.05) is 18.7 Å². The van der Waals surface area contributed by atoms with Crippen molar-refractivity contribution in [2.24, 2.45) is 0 Å². The number of amides is 2. The number of rotatable bonds is 8. The fourth-order valence-electron chi connectivity index (χ4n) is 3.55. The summed E-state index contributed by atoms with van der Waals surface area (Å²) in [6.07, 6.45) is -0.576. The van der Waals surface area contributed by atoms with E-state index in [4.69, 9.17) is 4.74 Å². The molecule has 0 radical (unpaired) electrons. The first-order valence-corrected chi connectivity index (χ1v) is 11.9.